The lowest BCUT2D eigenvalue weighted by atomic mass is 10.2. The highest BCUT2D eigenvalue weighted by atomic mass is 19.4. The molecule has 1 heterocycles. The smallest absolute Gasteiger partial charge is 0.416 e. The van der Waals surface area contributed by atoms with Crippen LogP contribution in [-0.2, 0) is 10.9 Å². The van der Waals surface area contributed by atoms with Crippen molar-refractivity contribution >= 4 is 0 Å². The van der Waals surface area contributed by atoms with Crippen LogP contribution in [0.3, 0.4) is 0 Å². The predicted molar refractivity (Wildman–Crippen MR) is 46.7 cm³/mol. The zero-order valence-electron chi connectivity index (χ0n) is 7.75. The molecule has 0 saturated carbocycles. The molecule has 0 N–H and O–H groups in total. The van der Waals surface area contributed by atoms with Crippen molar-refractivity contribution in [2.45, 2.75) is 12.3 Å². The van der Waals surface area contributed by atoms with Gasteiger partial charge in [-0.05, 0) is 18.2 Å². The second-order valence-electron chi connectivity index (χ2n) is 3.30. The molecule has 2 rings (SSSR count). The van der Waals surface area contributed by atoms with E-state index < -0.39 is 11.7 Å². The molecule has 0 unspecified atom stereocenters. The van der Waals surface area contributed by atoms with Gasteiger partial charge in [-0.15, -0.1) is 0 Å². The molecule has 0 bridgehead atoms. The lowest BCUT2D eigenvalue weighted by Gasteiger charge is -2.26. The van der Waals surface area contributed by atoms with Crippen molar-refractivity contribution < 1.29 is 22.6 Å². The normalized spacial score (nSPS) is 17.3. The molecule has 1 aliphatic rings. The van der Waals surface area contributed by atoms with E-state index in [1.54, 1.807) is 0 Å². The van der Waals surface area contributed by atoms with E-state index in [1.807, 2.05) is 0 Å². The third-order valence-electron chi connectivity index (χ3n) is 2.07. The molecular formula is C10H9F3O2. The quantitative estimate of drug-likeness (QED) is 0.759. The van der Waals surface area contributed by atoms with Gasteiger partial charge in [0.05, 0.1) is 18.8 Å². The van der Waals surface area contributed by atoms with Crippen LogP contribution < -0.4 is 4.74 Å². The zero-order chi connectivity index (χ0) is 10.9. The maximum absolute atomic E-state index is 12.3. The number of hydrogen-bond donors (Lipinski definition) is 0. The third kappa shape index (κ3) is 2.41. The van der Waals surface area contributed by atoms with Gasteiger partial charge in [-0.2, -0.15) is 13.2 Å². The number of hydrogen-bond acceptors (Lipinski definition) is 2. The monoisotopic (exact) mass is 218 g/mol. The molecule has 0 radical (unpaired) electrons. The van der Waals surface area contributed by atoms with Crippen molar-refractivity contribution in [1.29, 1.82) is 0 Å². The highest BCUT2D eigenvalue weighted by molar-refractivity contribution is 5.30. The van der Waals surface area contributed by atoms with Crippen LogP contribution in [-0.4, -0.2) is 19.3 Å². The van der Waals surface area contributed by atoms with Crippen LogP contribution in [0.1, 0.15) is 5.56 Å². The molecule has 0 amide bonds. The molecule has 82 valence electrons. The molecule has 1 aromatic carbocycles. The Labute approximate surface area is 84.6 Å². The summed E-state index contributed by atoms with van der Waals surface area (Å²) in [5.41, 5.74) is -0.694. The molecule has 1 aromatic rings. The van der Waals surface area contributed by atoms with E-state index in [1.165, 1.54) is 12.1 Å². The molecule has 0 spiro atoms. The van der Waals surface area contributed by atoms with Gasteiger partial charge in [0.1, 0.15) is 11.9 Å². The maximum Gasteiger partial charge on any atom is 0.416 e. The Bertz CT molecular complexity index is 345. The van der Waals surface area contributed by atoms with Gasteiger partial charge >= 0.3 is 6.18 Å². The lowest BCUT2D eigenvalue weighted by molar-refractivity contribution is -0.137. The molecule has 0 aromatic heterocycles. The Balaban J connectivity index is 2.11. The van der Waals surface area contributed by atoms with Gasteiger partial charge in [0, 0.05) is 0 Å². The number of alkyl halides is 3. The minimum atomic E-state index is -4.32. The summed E-state index contributed by atoms with van der Waals surface area (Å²) >= 11 is 0. The van der Waals surface area contributed by atoms with Crippen LogP contribution in [0.5, 0.6) is 5.75 Å². The minimum absolute atomic E-state index is 0.117. The summed E-state index contributed by atoms with van der Waals surface area (Å²) < 4.78 is 47.1. The summed E-state index contributed by atoms with van der Waals surface area (Å²) in [5.74, 6) is 0.234. The fourth-order valence-corrected chi connectivity index (χ4v) is 1.22. The van der Waals surface area contributed by atoms with Crippen molar-refractivity contribution in [2.24, 2.45) is 0 Å². The molecular weight excluding hydrogens is 209 g/mol. The second kappa shape index (κ2) is 3.73. The van der Waals surface area contributed by atoms with E-state index in [4.69, 9.17) is 9.47 Å². The van der Waals surface area contributed by atoms with Crippen LogP contribution in [0.15, 0.2) is 24.3 Å². The van der Waals surface area contributed by atoms with Gasteiger partial charge < -0.3 is 9.47 Å². The SMILES string of the molecule is FC(F)(F)c1cccc(OC2COC2)c1. The third-order valence-corrected chi connectivity index (χ3v) is 2.07. The summed E-state index contributed by atoms with van der Waals surface area (Å²) in [4.78, 5) is 0. The van der Waals surface area contributed by atoms with Crippen molar-refractivity contribution in [3.05, 3.63) is 29.8 Å². The van der Waals surface area contributed by atoms with E-state index in [0.29, 0.717) is 13.2 Å². The Morgan fingerprint density at radius 3 is 2.53 bits per heavy atom. The summed E-state index contributed by atoms with van der Waals surface area (Å²) in [6, 6.07) is 4.85. The van der Waals surface area contributed by atoms with Gasteiger partial charge in [-0.1, -0.05) is 6.07 Å². The lowest BCUT2D eigenvalue weighted by Crippen LogP contribution is -2.38. The standard InChI is InChI=1S/C10H9F3O2/c11-10(12,13)7-2-1-3-8(4-7)15-9-5-14-6-9/h1-4,9H,5-6H2. The molecule has 1 fully saturated rings. The van der Waals surface area contributed by atoms with E-state index >= 15 is 0 Å². The van der Waals surface area contributed by atoms with Gasteiger partial charge in [-0.25, -0.2) is 0 Å². The van der Waals surface area contributed by atoms with Crippen molar-refractivity contribution in [3.63, 3.8) is 0 Å². The van der Waals surface area contributed by atoms with Crippen LogP contribution in [0.4, 0.5) is 13.2 Å². The van der Waals surface area contributed by atoms with Crippen LogP contribution in [0.2, 0.25) is 0 Å². The fourth-order valence-electron chi connectivity index (χ4n) is 1.22. The Morgan fingerprint density at radius 1 is 1.27 bits per heavy atom. The van der Waals surface area contributed by atoms with Gasteiger partial charge in [0.15, 0.2) is 0 Å². The molecule has 15 heavy (non-hydrogen) atoms. The van der Waals surface area contributed by atoms with E-state index in [-0.39, 0.29) is 11.9 Å². The summed E-state index contributed by atoms with van der Waals surface area (Å²) in [7, 11) is 0. The Kier molecular flexibility index (Phi) is 2.56. The first kappa shape index (κ1) is 10.3. The first-order valence-corrected chi connectivity index (χ1v) is 4.47. The molecule has 1 aliphatic heterocycles. The van der Waals surface area contributed by atoms with E-state index in [9.17, 15) is 13.2 Å². The topological polar surface area (TPSA) is 18.5 Å². The minimum Gasteiger partial charge on any atom is -0.486 e. The van der Waals surface area contributed by atoms with Gasteiger partial charge in [-0.3, -0.25) is 0 Å². The maximum atomic E-state index is 12.3. The van der Waals surface area contributed by atoms with Gasteiger partial charge in [0.2, 0.25) is 0 Å². The number of halogens is 3. The van der Waals surface area contributed by atoms with Crippen LogP contribution in [0, 0.1) is 0 Å². The largest absolute Gasteiger partial charge is 0.486 e. The fraction of sp³-hybridized carbons (Fsp3) is 0.400. The molecule has 2 nitrogen and oxygen atoms in total. The number of rotatable bonds is 2. The number of benzene rings is 1. The highest BCUT2D eigenvalue weighted by Gasteiger charge is 2.31. The van der Waals surface area contributed by atoms with Crippen molar-refractivity contribution in [2.75, 3.05) is 13.2 Å². The first-order chi connectivity index (χ1) is 7.05. The van der Waals surface area contributed by atoms with E-state index in [0.717, 1.165) is 12.1 Å². The summed E-state index contributed by atoms with van der Waals surface area (Å²) in [5, 5.41) is 0. The molecule has 5 heteroatoms. The second-order valence-corrected chi connectivity index (χ2v) is 3.30. The first-order valence-electron chi connectivity index (χ1n) is 4.47. The Morgan fingerprint density at radius 2 is 2.00 bits per heavy atom. The van der Waals surface area contributed by atoms with Crippen molar-refractivity contribution in [1.82, 2.24) is 0 Å². The molecule has 0 aliphatic carbocycles. The zero-order valence-corrected chi connectivity index (χ0v) is 7.75. The summed E-state index contributed by atoms with van der Waals surface area (Å²) in [6.45, 7) is 0.881. The summed E-state index contributed by atoms with van der Waals surface area (Å²) in [6.07, 6.45) is -4.44. The number of ether oxygens (including phenoxy) is 2. The average molecular weight is 218 g/mol. The molecule has 1 saturated heterocycles. The van der Waals surface area contributed by atoms with Gasteiger partial charge in [0.25, 0.3) is 0 Å². The average Bonchev–Trinajstić information content (AvgIpc) is 2.11. The van der Waals surface area contributed by atoms with Crippen LogP contribution in [0.25, 0.3) is 0 Å². The van der Waals surface area contributed by atoms with Crippen molar-refractivity contribution in [3.8, 4) is 5.75 Å². The highest BCUT2D eigenvalue weighted by Crippen LogP contribution is 2.31. The Hall–Kier alpha value is -1.23. The molecule has 0 atom stereocenters. The van der Waals surface area contributed by atoms with E-state index in [2.05, 4.69) is 0 Å². The predicted octanol–water partition coefficient (Wildman–Crippen LogP) is 2.48. The van der Waals surface area contributed by atoms with Crippen LogP contribution >= 0.6 is 0 Å².